The van der Waals surface area contributed by atoms with Gasteiger partial charge in [0.15, 0.2) is 0 Å². The Hall–Kier alpha value is -2.09. The molecule has 0 aliphatic heterocycles. The van der Waals surface area contributed by atoms with Gasteiger partial charge in [0.1, 0.15) is 11.5 Å². The SMILES string of the molecule is Cc1cccc([SiH2]P(c2ccccc2O)c2ccccc2O)c1C. The maximum absolute atomic E-state index is 10.4. The normalized spacial score (nSPS) is 11.5. The Labute approximate surface area is 146 Å². The second-order valence-electron chi connectivity index (χ2n) is 5.92. The lowest BCUT2D eigenvalue weighted by atomic mass is 10.1. The van der Waals surface area contributed by atoms with Crippen molar-refractivity contribution in [3.8, 4) is 11.5 Å². The predicted molar refractivity (Wildman–Crippen MR) is 106 cm³/mol. The summed E-state index contributed by atoms with van der Waals surface area (Å²) in [4.78, 5) is 0. The summed E-state index contributed by atoms with van der Waals surface area (Å²) in [5, 5.41) is 24.1. The van der Waals surface area contributed by atoms with Crippen molar-refractivity contribution >= 4 is 32.5 Å². The zero-order chi connectivity index (χ0) is 17.1. The Morgan fingerprint density at radius 2 is 1.25 bits per heavy atom. The summed E-state index contributed by atoms with van der Waals surface area (Å²) in [6, 6.07) is 21.5. The molecule has 0 aliphatic rings. The van der Waals surface area contributed by atoms with Crippen molar-refractivity contribution in [2.75, 3.05) is 0 Å². The van der Waals surface area contributed by atoms with Crippen molar-refractivity contribution in [3.63, 3.8) is 0 Å². The molecule has 0 spiro atoms. The Bertz CT molecular complexity index is 818. The van der Waals surface area contributed by atoms with E-state index in [9.17, 15) is 10.2 Å². The molecule has 0 aromatic heterocycles. The first-order chi connectivity index (χ1) is 11.6. The Morgan fingerprint density at radius 1 is 0.708 bits per heavy atom. The number of benzene rings is 3. The maximum Gasteiger partial charge on any atom is 0.123 e. The summed E-state index contributed by atoms with van der Waals surface area (Å²) in [5.41, 5.74) is 2.63. The maximum atomic E-state index is 10.4. The average Bonchev–Trinajstić information content (AvgIpc) is 2.58. The second kappa shape index (κ2) is 7.21. The van der Waals surface area contributed by atoms with Crippen LogP contribution in [0, 0.1) is 13.8 Å². The van der Waals surface area contributed by atoms with E-state index in [0.717, 1.165) is 10.6 Å². The number of phenols is 2. The van der Waals surface area contributed by atoms with Gasteiger partial charge in [0.05, 0.1) is 9.19 Å². The zero-order valence-corrected chi connectivity index (χ0v) is 16.2. The second-order valence-corrected chi connectivity index (χ2v) is 11.7. The van der Waals surface area contributed by atoms with Gasteiger partial charge >= 0.3 is 0 Å². The van der Waals surface area contributed by atoms with Crippen LogP contribution in [0.15, 0.2) is 66.7 Å². The van der Waals surface area contributed by atoms with E-state index in [1.165, 1.54) is 16.3 Å². The highest BCUT2D eigenvalue weighted by atomic mass is 31.4. The molecule has 0 amide bonds. The molecule has 0 bridgehead atoms. The van der Waals surface area contributed by atoms with Gasteiger partial charge in [0, 0.05) is 10.6 Å². The molecular weight excluding hydrogens is 331 g/mol. The van der Waals surface area contributed by atoms with Crippen molar-refractivity contribution in [2.45, 2.75) is 13.8 Å². The summed E-state index contributed by atoms with van der Waals surface area (Å²) < 4.78 is 0. The quantitative estimate of drug-likeness (QED) is 0.560. The van der Waals surface area contributed by atoms with Gasteiger partial charge in [-0.15, -0.1) is 0 Å². The molecule has 0 saturated carbocycles. The molecule has 3 aromatic carbocycles. The smallest absolute Gasteiger partial charge is 0.123 e. The first-order valence-electron chi connectivity index (χ1n) is 7.96. The van der Waals surface area contributed by atoms with Crippen LogP contribution in [0.4, 0.5) is 0 Å². The number of phenolic OH excluding ortho intramolecular Hbond substituents is 2. The molecule has 0 saturated heterocycles. The number of para-hydroxylation sites is 2. The summed E-state index contributed by atoms with van der Waals surface area (Å²) in [6.07, 6.45) is 0. The molecule has 0 radical (unpaired) electrons. The summed E-state index contributed by atoms with van der Waals surface area (Å²) in [7, 11) is -1.50. The van der Waals surface area contributed by atoms with Crippen molar-refractivity contribution in [2.24, 2.45) is 0 Å². The van der Waals surface area contributed by atoms with Crippen LogP contribution in [-0.2, 0) is 0 Å². The van der Waals surface area contributed by atoms with E-state index in [1.54, 1.807) is 12.1 Å². The van der Waals surface area contributed by atoms with Crippen LogP contribution in [0.1, 0.15) is 11.1 Å². The Kier molecular flexibility index (Phi) is 5.03. The van der Waals surface area contributed by atoms with Gasteiger partial charge in [0.2, 0.25) is 0 Å². The largest absolute Gasteiger partial charge is 0.507 e. The van der Waals surface area contributed by atoms with E-state index in [1.807, 2.05) is 36.4 Å². The highest BCUT2D eigenvalue weighted by molar-refractivity contribution is 7.99. The monoisotopic (exact) mass is 352 g/mol. The van der Waals surface area contributed by atoms with Gasteiger partial charge in [-0.2, -0.15) is 0 Å². The van der Waals surface area contributed by atoms with Crippen LogP contribution < -0.4 is 15.8 Å². The summed E-state index contributed by atoms with van der Waals surface area (Å²) >= 11 is 0. The molecule has 2 N–H and O–H groups in total. The third-order valence-electron chi connectivity index (χ3n) is 4.39. The van der Waals surface area contributed by atoms with Crippen LogP contribution in [0.2, 0.25) is 0 Å². The first-order valence-corrected chi connectivity index (χ1v) is 12.1. The molecule has 122 valence electrons. The van der Waals surface area contributed by atoms with Crippen LogP contribution >= 0.6 is 7.47 Å². The minimum absolute atomic E-state index is 0.324. The number of hydrogen-bond donors (Lipinski definition) is 2. The van der Waals surface area contributed by atoms with Crippen molar-refractivity contribution < 1.29 is 10.2 Å². The predicted octanol–water partition coefficient (Wildman–Crippen LogP) is 2.56. The molecule has 0 heterocycles. The van der Waals surface area contributed by atoms with Gasteiger partial charge in [-0.1, -0.05) is 67.3 Å². The van der Waals surface area contributed by atoms with Crippen LogP contribution in [0.3, 0.4) is 0 Å². The van der Waals surface area contributed by atoms with Gasteiger partial charge < -0.3 is 10.2 Å². The molecule has 0 unspecified atom stereocenters. The van der Waals surface area contributed by atoms with Gasteiger partial charge in [-0.25, -0.2) is 0 Å². The minimum Gasteiger partial charge on any atom is -0.507 e. The van der Waals surface area contributed by atoms with Crippen molar-refractivity contribution in [1.29, 1.82) is 0 Å². The van der Waals surface area contributed by atoms with Crippen molar-refractivity contribution in [1.82, 2.24) is 0 Å². The van der Waals surface area contributed by atoms with Gasteiger partial charge in [-0.05, 0) is 37.1 Å². The van der Waals surface area contributed by atoms with Gasteiger partial charge in [0.25, 0.3) is 0 Å². The topological polar surface area (TPSA) is 40.5 Å². The standard InChI is InChI=1S/C20H21O2PSi/c1-14-8-7-13-20(15(14)2)24-23(18-11-5-3-9-16(18)21)19-12-6-4-10-17(19)22/h3-13,21-22H,24H2,1-2H3. The Balaban J connectivity index is 2.11. The van der Waals surface area contributed by atoms with Gasteiger partial charge in [-0.3, -0.25) is 0 Å². The molecule has 0 aliphatic carbocycles. The lowest BCUT2D eigenvalue weighted by molar-refractivity contribution is 0.479. The van der Waals surface area contributed by atoms with Crippen LogP contribution in [0.5, 0.6) is 11.5 Å². The molecule has 24 heavy (non-hydrogen) atoms. The Morgan fingerprint density at radius 3 is 1.79 bits per heavy atom. The van der Waals surface area contributed by atoms with Crippen molar-refractivity contribution in [3.05, 3.63) is 77.9 Å². The average molecular weight is 352 g/mol. The number of rotatable bonds is 4. The number of aryl methyl sites for hydroxylation is 1. The molecule has 4 heteroatoms. The van der Waals surface area contributed by atoms with E-state index in [4.69, 9.17) is 0 Å². The molecule has 2 nitrogen and oxygen atoms in total. The van der Waals surface area contributed by atoms with E-state index < -0.39 is 16.7 Å². The fraction of sp³-hybridized carbons (Fsp3) is 0.100. The zero-order valence-electron chi connectivity index (χ0n) is 13.9. The number of aromatic hydroxyl groups is 2. The van der Waals surface area contributed by atoms with E-state index in [2.05, 4.69) is 32.0 Å². The molecule has 0 atom stereocenters. The fourth-order valence-corrected chi connectivity index (χ4v) is 10.4. The molecule has 3 aromatic rings. The third-order valence-corrected chi connectivity index (χ3v) is 11.7. The fourth-order valence-electron chi connectivity index (χ4n) is 2.84. The molecular formula is C20H21O2PSi. The third kappa shape index (κ3) is 3.38. The van der Waals surface area contributed by atoms with Crippen LogP contribution in [0.25, 0.3) is 0 Å². The molecule has 0 fully saturated rings. The first kappa shape index (κ1) is 16.8. The lowest BCUT2D eigenvalue weighted by Gasteiger charge is -2.22. The minimum atomic E-state index is -0.759. The highest BCUT2D eigenvalue weighted by Crippen LogP contribution is 2.37. The van der Waals surface area contributed by atoms with E-state index >= 15 is 0 Å². The van der Waals surface area contributed by atoms with Crippen LogP contribution in [-0.4, -0.2) is 19.4 Å². The summed E-state index contributed by atoms with van der Waals surface area (Å²) in [5.74, 6) is 0.648. The summed E-state index contributed by atoms with van der Waals surface area (Å²) in [6.45, 7) is 4.30. The lowest BCUT2D eigenvalue weighted by Crippen LogP contribution is -2.26. The number of hydrogen-bond acceptors (Lipinski definition) is 2. The van der Waals surface area contributed by atoms with E-state index in [0.29, 0.717) is 11.5 Å². The van der Waals surface area contributed by atoms with E-state index in [-0.39, 0.29) is 0 Å². The highest BCUT2D eigenvalue weighted by Gasteiger charge is 2.21. The molecule has 3 rings (SSSR count).